The smallest absolute Gasteiger partial charge is 0.328 e. The van der Waals surface area contributed by atoms with Gasteiger partial charge in [-0.25, -0.2) is 4.79 Å². The summed E-state index contributed by atoms with van der Waals surface area (Å²) in [5.74, 6) is -0.447. The Kier molecular flexibility index (Phi) is 4.31. The van der Waals surface area contributed by atoms with Crippen molar-refractivity contribution in [2.24, 2.45) is 5.41 Å². The van der Waals surface area contributed by atoms with Crippen molar-refractivity contribution in [2.75, 3.05) is 6.61 Å². The van der Waals surface area contributed by atoms with Crippen LogP contribution in [0.3, 0.4) is 0 Å². The van der Waals surface area contributed by atoms with Gasteiger partial charge in [0.05, 0.1) is 17.7 Å². The fourth-order valence-corrected chi connectivity index (χ4v) is 2.10. The lowest BCUT2D eigenvalue weighted by atomic mass is 10.1. The average molecular weight is 292 g/mol. The van der Waals surface area contributed by atoms with Crippen molar-refractivity contribution in [3.05, 3.63) is 34.9 Å². The second kappa shape index (κ2) is 5.98. The lowest BCUT2D eigenvalue weighted by Gasteiger charge is -2.14. The van der Waals surface area contributed by atoms with Gasteiger partial charge in [-0.1, -0.05) is 17.7 Å². The minimum Gasteiger partial charge on any atom is -0.491 e. The fraction of sp³-hybridized carbons (Fsp3) is 0.333. The van der Waals surface area contributed by atoms with Crippen LogP contribution in [-0.2, 0) is 4.79 Å². The Bertz CT molecular complexity index is 585. The van der Waals surface area contributed by atoms with Crippen molar-refractivity contribution in [3.8, 4) is 11.8 Å². The molecule has 1 aromatic rings. The van der Waals surface area contributed by atoms with Crippen LogP contribution < -0.4 is 4.74 Å². The van der Waals surface area contributed by atoms with E-state index in [1.807, 2.05) is 0 Å². The summed E-state index contributed by atoms with van der Waals surface area (Å²) in [6, 6.07) is 7.29. The zero-order valence-corrected chi connectivity index (χ0v) is 11.6. The summed E-state index contributed by atoms with van der Waals surface area (Å²) >= 11 is 6.10. The summed E-state index contributed by atoms with van der Waals surface area (Å²) in [4.78, 5) is 10.4. The molecule has 0 saturated heterocycles. The van der Waals surface area contributed by atoms with Crippen LogP contribution in [0.4, 0.5) is 0 Å². The molecule has 1 N–H and O–H groups in total. The SMILES string of the molecule is N#CCC1(COc2ccc(C=CC(=O)O)cc2Cl)CC1. The molecule has 5 heteroatoms. The van der Waals surface area contributed by atoms with E-state index in [4.69, 9.17) is 26.7 Å². The van der Waals surface area contributed by atoms with Gasteiger partial charge >= 0.3 is 5.97 Å². The number of hydrogen-bond donors (Lipinski definition) is 1. The predicted molar refractivity (Wildman–Crippen MR) is 75.5 cm³/mol. The minimum absolute atomic E-state index is 0.0000391. The van der Waals surface area contributed by atoms with Crippen LogP contribution in [0.15, 0.2) is 24.3 Å². The number of nitrogens with zero attached hydrogens (tertiary/aromatic N) is 1. The number of halogens is 1. The van der Waals surface area contributed by atoms with Gasteiger partial charge in [0.25, 0.3) is 0 Å². The molecule has 0 radical (unpaired) electrons. The van der Waals surface area contributed by atoms with E-state index in [9.17, 15) is 4.79 Å². The molecule has 0 aromatic heterocycles. The van der Waals surface area contributed by atoms with Crippen LogP contribution in [0, 0.1) is 16.7 Å². The van der Waals surface area contributed by atoms with E-state index in [2.05, 4.69) is 6.07 Å². The molecule has 2 rings (SSSR count). The van der Waals surface area contributed by atoms with Crippen LogP contribution in [0.5, 0.6) is 5.75 Å². The zero-order valence-electron chi connectivity index (χ0n) is 10.8. The summed E-state index contributed by atoms with van der Waals surface area (Å²) in [7, 11) is 0. The maximum Gasteiger partial charge on any atom is 0.328 e. The molecule has 0 unspecified atom stereocenters. The van der Waals surface area contributed by atoms with Gasteiger partial charge in [0.15, 0.2) is 0 Å². The minimum atomic E-state index is -1.01. The maximum atomic E-state index is 10.4. The Morgan fingerprint density at radius 1 is 1.55 bits per heavy atom. The molecule has 0 heterocycles. The zero-order chi connectivity index (χ0) is 14.6. The molecule has 0 aliphatic heterocycles. The Hall–Kier alpha value is -1.99. The standard InChI is InChI=1S/C15H14ClNO3/c16-12-9-11(2-4-14(18)19)1-3-13(12)20-10-15(5-6-15)7-8-17/h1-4,9H,5-7,10H2,(H,18,19). The number of hydrogen-bond acceptors (Lipinski definition) is 3. The number of carbonyl (C=O) groups is 1. The normalized spacial score (nSPS) is 15.8. The Morgan fingerprint density at radius 3 is 2.85 bits per heavy atom. The predicted octanol–water partition coefficient (Wildman–Crippen LogP) is 3.51. The van der Waals surface area contributed by atoms with E-state index >= 15 is 0 Å². The van der Waals surface area contributed by atoms with Gasteiger partial charge in [-0.2, -0.15) is 5.26 Å². The highest BCUT2D eigenvalue weighted by atomic mass is 35.5. The Labute approximate surface area is 122 Å². The highest BCUT2D eigenvalue weighted by molar-refractivity contribution is 6.32. The summed E-state index contributed by atoms with van der Waals surface area (Å²) in [5.41, 5.74) is 0.697. The number of aliphatic carboxylic acids is 1. The highest BCUT2D eigenvalue weighted by Crippen LogP contribution is 2.49. The van der Waals surface area contributed by atoms with Crippen LogP contribution in [0.2, 0.25) is 5.02 Å². The monoisotopic (exact) mass is 291 g/mol. The summed E-state index contributed by atoms with van der Waals surface area (Å²) < 4.78 is 5.67. The maximum absolute atomic E-state index is 10.4. The lowest BCUT2D eigenvalue weighted by molar-refractivity contribution is -0.131. The molecule has 1 saturated carbocycles. The molecule has 1 aliphatic carbocycles. The van der Waals surface area contributed by atoms with Gasteiger partial charge in [-0.3, -0.25) is 0 Å². The van der Waals surface area contributed by atoms with Crippen molar-refractivity contribution in [1.29, 1.82) is 5.26 Å². The average Bonchev–Trinajstić information content (AvgIpc) is 3.16. The molecule has 1 aliphatic rings. The van der Waals surface area contributed by atoms with Gasteiger partial charge in [-0.05, 0) is 36.6 Å². The molecular formula is C15H14ClNO3. The van der Waals surface area contributed by atoms with Gasteiger partial charge < -0.3 is 9.84 Å². The molecule has 20 heavy (non-hydrogen) atoms. The first kappa shape index (κ1) is 14.4. The number of rotatable bonds is 6. The number of nitriles is 1. The molecular weight excluding hydrogens is 278 g/mol. The highest BCUT2D eigenvalue weighted by Gasteiger charge is 2.43. The number of carboxylic acid groups (broad SMARTS) is 1. The van der Waals surface area contributed by atoms with Gasteiger partial charge in [0, 0.05) is 17.9 Å². The fourth-order valence-electron chi connectivity index (χ4n) is 1.85. The summed E-state index contributed by atoms with van der Waals surface area (Å²) in [6.45, 7) is 0.491. The Balaban J connectivity index is 2.00. The molecule has 0 spiro atoms. The van der Waals surface area contributed by atoms with E-state index in [0.29, 0.717) is 29.4 Å². The third-order valence-corrected chi connectivity index (χ3v) is 3.61. The number of benzene rings is 1. The molecule has 1 fully saturated rings. The van der Waals surface area contributed by atoms with Crippen molar-refractivity contribution < 1.29 is 14.6 Å². The van der Waals surface area contributed by atoms with Crippen molar-refractivity contribution in [1.82, 2.24) is 0 Å². The van der Waals surface area contributed by atoms with Gasteiger partial charge in [0.2, 0.25) is 0 Å². The largest absolute Gasteiger partial charge is 0.491 e. The van der Waals surface area contributed by atoms with Crippen LogP contribution in [-0.4, -0.2) is 17.7 Å². The first-order valence-corrected chi connectivity index (χ1v) is 6.63. The molecule has 0 bridgehead atoms. The van der Waals surface area contributed by atoms with Crippen molar-refractivity contribution in [2.45, 2.75) is 19.3 Å². The van der Waals surface area contributed by atoms with Crippen molar-refractivity contribution >= 4 is 23.6 Å². The molecule has 1 aromatic carbocycles. The van der Waals surface area contributed by atoms with Crippen molar-refractivity contribution in [3.63, 3.8) is 0 Å². The van der Waals surface area contributed by atoms with Gasteiger partial charge in [0.1, 0.15) is 5.75 Å². The molecule has 0 amide bonds. The lowest BCUT2D eigenvalue weighted by Crippen LogP contribution is -2.12. The van der Waals surface area contributed by atoms with E-state index in [1.165, 1.54) is 6.08 Å². The third-order valence-electron chi connectivity index (χ3n) is 3.32. The first-order valence-electron chi connectivity index (χ1n) is 6.25. The second-order valence-electron chi connectivity index (χ2n) is 4.98. The molecule has 0 atom stereocenters. The summed E-state index contributed by atoms with van der Waals surface area (Å²) in [5, 5.41) is 17.7. The summed E-state index contributed by atoms with van der Waals surface area (Å²) in [6.07, 6.45) is 5.05. The molecule has 4 nitrogen and oxygen atoms in total. The van der Waals surface area contributed by atoms with E-state index in [0.717, 1.165) is 18.9 Å². The Morgan fingerprint density at radius 2 is 2.30 bits per heavy atom. The van der Waals surface area contributed by atoms with E-state index < -0.39 is 5.97 Å². The second-order valence-corrected chi connectivity index (χ2v) is 5.39. The number of carboxylic acids is 1. The van der Waals surface area contributed by atoms with Crippen LogP contribution >= 0.6 is 11.6 Å². The van der Waals surface area contributed by atoms with Crippen LogP contribution in [0.25, 0.3) is 6.08 Å². The quantitative estimate of drug-likeness (QED) is 0.814. The molecule has 104 valence electrons. The first-order chi connectivity index (χ1) is 9.54. The van der Waals surface area contributed by atoms with Gasteiger partial charge in [-0.15, -0.1) is 0 Å². The van der Waals surface area contributed by atoms with Crippen LogP contribution in [0.1, 0.15) is 24.8 Å². The van der Waals surface area contributed by atoms with E-state index in [-0.39, 0.29) is 5.41 Å². The van der Waals surface area contributed by atoms with E-state index in [1.54, 1.807) is 18.2 Å². The third kappa shape index (κ3) is 3.75. The number of ether oxygens (including phenoxy) is 1. The topological polar surface area (TPSA) is 70.3 Å².